The molecule has 0 spiro atoms. The van der Waals surface area contributed by atoms with E-state index in [1.807, 2.05) is 21.1 Å². The Morgan fingerprint density at radius 3 is 1.45 bits per heavy atom. The molecule has 0 rings (SSSR count). The monoisotopic (exact) mass is 650 g/mol. The number of phosphoric acid groups is 1. The Morgan fingerprint density at radius 1 is 0.614 bits per heavy atom. The number of ether oxygens (including phenoxy) is 2. The second-order valence-corrected chi connectivity index (χ2v) is 14.7. The first-order valence-electron chi connectivity index (χ1n) is 17.8. The van der Waals surface area contributed by atoms with Crippen LogP contribution < -0.4 is 0 Å². The number of likely N-dealkylation sites (N-methyl/N-ethyl adjacent to an activating group) is 1. The summed E-state index contributed by atoms with van der Waals surface area (Å²) in [7, 11) is 1.48. The quantitative estimate of drug-likeness (QED) is 0.0333. The van der Waals surface area contributed by atoms with Crippen LogP contribution in [0.5, 0.6) is 0 Å². The topological polar surface area (TPSA) is 108 Å². The predicted molar refractivity (Wildman–Crippen MR) is 178 cm³/mol. The van der Waals surface area contributed by atoms with Crippen LogP contribution in [-0.2, 0) is 32.7 Å². The van der Waals surface area contributed by atoms with Gasteiger partial charge in [0.15, 0.2) is 6.10 Å². The Labute approximate surface area is 270 Å². The molecule has 0 fully saturated rings. The molecule has 0 saturated carbocycles. The zero-order chi connectivity index (χ0) is 32.9. The van der Waals surface area contributed by atoms with E-state index in [9.17, 15) is 19.0 Å². The van der Waals surface area contributed by atoms with Crippen molar-refractivity contribution in [3.05, 3.63) is 0 Å². The van der Waals surface area contributed by atoms with Gasteiger partial charge in [-0.25, -0.2) is 4.57 Å². The van der Waals surface area contributed by atoms with E-state index in [1.165, 1.54) is 83.5 Å². The predicted octanol–water partition coefficient (Wildman–Crippen LogP) is 8.90. The van der Waals surface area contributed by atoms with Gasteiger partial charge in [0.05, 0.1) is 27.7 Å². The molecular weight excluding hydrogens is 581 g/mol. The highest BCUT2D eigenvalue weighted by Crippen LogP contribution is 2.43. The van der Waals surface area contributed by atoms with Crippen LogP contribution in [0.15, 0.2) is 0 Å². The molecule has 0 bridgehead atoms. The molecule has 0 radical (unpaired) electrons. The lowest BCUT2D eigenvalue weighted by molar-refractivity contribution is -0.870. The van der Waals surface area contributed by atoms with E-state index in [1.54, 1.807) is 0 Å². The number of phosphoric ester groups is 1. The van der Waals surface area contributed by atoms with Gasteiger partial charge in [0.2, 0.25) is 0 Å². The van der Waals surface area contributed by atoms with E-state index < -0.39 is 26.5 Å². The van der Waals surface area contributed by atoms with Gasteiger partial charge >= 0.3 is 19.8 Å². The fourth-order valence-corrected chi connectivity index (χ4v) is 5.52. The first kappa shape index (κ1) is 43.0. The molecule has 0 aliphatic rings. The molecule has 0 aliphatic heterocycles. The smallest absolute Gasteiger partial charge is 0.462 e. The molecule has 1 N–H and O–H groups in total. The zero-order valence-electron chi connectivity index (χ0n) is 29.2. The Hall–Kier alpha value is -0.990. The molecule has 262 valence electrons. The number of esters is 2. The molecule has 0 saturated heterocycles. The maximum Gasteiger partial charge on any atom is 0.472 e. The second kappa shape index (κ2) is 28.3. The van der Waals surface area contributed by atoms with Crippen LogP contribution in [0.1, 0.15) is 155 Å². The summed E-state index contributed by atoms with van der Waals surface area (Å²) in [5, 5.41) is 0. The number of carbonyl (C=O) groups excluding carboxylic acids is 2. The number of unbranched alkanes of at least 4 members (excludes halogenated alkanes) is 18. The normalized spacial score (nSPS) is 13.9. The second-order valence-electron chi connectivity index (χ2n) is 13.3. The van der Waals surface area contributed by atoms with Crippen LogP contribution in [-0.4, -0.2) is 74.9 Å². The Morgan fingerprint density at radius 2 is 1.02 bits per heavy atom. The van der Waals surface area contributed by atoms with Crippen molar-refractivity contribution in [1.82, 2.24) is 0 Å². The third-order valence-corrected chi connectivity index (χ3v) is 8.62. The molecule has 2 atom stereocenters. The van der Waals surface area contributed by atoms with Crippen molar-refractivity contribution in [2.75, 3.05) is 47.5 Å². The van der Waals surface area contributed by atoms with E-state index in [2.05, 4.69) is 13.8 Å². The largest absolute Gasteiger partial charge is 0.472 e. The lowest BCUT2D eigenvalue weighted by atomic mass is 10.0. The van der Waals surface area contributed by atoms with Crippen LogP contribution in [0.4, 0.5) is 0 Å². The van der Waals surface area contributed by atoms with Crippen molar-refractivity contribution in [2.45, 2.75) is 161 Å². The minimum atomic E-state index is -4.35. The lowest BCUT2D eigenvalue weighted by Gasteiger charge is -2.24. The van der Waals surface area contributed by atoms with Gasteiger partial charge < -0.3 is 18.9 Å². The van der Waals surface area contributed by atoms with Gasteiger partial charge in [-0.2, -0.15) is 0 Å². The molecule has 0 aromatic carbocycles. The number of nitrogens with zero attached hydrogens (tertiary/aromatic N) is 1. The Balaban J connectivity index is 4.39. The van der Waals surface area contributed by atoms with Gasteiger partial charge in [-0.05, 0) is 12.8 Å². The van der Waals surface area contributed by atoms with Gasteiger partial charge in [0.1, 0.15) is 19.8 Å². The summed E-state index contributed by atoms with van der Waals surface area (Å²) in [5.74, 6) is -0.800. The molecule has 0 aromatic rings. The highest BCUT2D eigenvalue weighted by Gasteiger charge is 2.27. The summed E-state index contributed by atoms with van der Waals surface area (Å²) in [6, 6.07) is 0. The third kappa shape index (κ3) is 31.0. The standard InChI is InChI=1S/C34H68NO8P/c1-6-8-10-12-14-15-16-17-18-19-21-22-24-26-33(36)40-30-32(31-42-44(38,39)41-29-28-35(3,4)5)43-34(37)27-25-23-20-13-11-9-7-2/h32H,6-31H2,1-5H3/p+1/t32-/m0/s1. The van der Waals surface area contributed by atoms with Crippen LogP contribution in [0.3, 0.4) is 0 Å². The number of rotatable bonds is 32. The lowest BCUT2D eigenvalue weighted by Crippen LogP contribution is -2.37. The maximum atomic E-state index is 12.5. The van der Waals surface area contributed by atoms with Crippen LogP contribution >= 0.6 is 7.82 Å². The summed E-state index contributed by atoms with van der Waals surface area (Å²) in [4.78, 5) is 34.9. The van der Waals surface area contributed by atoms with Crippen molar-refractivity contribution in [3.63, 3.8) is 0 Å². The van der Waals surface area contributed by atoms with E-state index in [0.29, 0.717) is 23.9 Å². The zero-order valence-corrected chi connectivity index (χ0v) is 30.1. The molecule has 0 aromatic heterocycles. The van der Waals surface area contributed by atoms with Crippen LogP contribution in [0, 0.1) is 0 Å². The van der Waals surface area contributed by atoms with Gasteiger partial charge in [-0.1, -0.05) is 129 Å². The van der Waals surface area contributed by atoms with E-state index >= 15 is 0 Å². The molecule has 0 heterocycles. The summed E-state index contributed by atoms with van der Waals surface area (Å²) in [6.45, 7) is 4.36. The average Bonchev–Trinajstić information content (AvgIpc) is 2.95. The Kier molecular flexibility index (Phi) is 27.6. The molecule has 0 aliphatic carbocycles. The van der Waals surface area contributed by atoms with Crippen molar-refractivity contribution < 1.29 is 42.1 Å². The van der Waals surface area contributed by atoms with Crippen molar-refractivity contribution in [2.24, 2.45) is 0 Å². The highest BCUT2D eigenvalue weighted by atomic mass is 31.2. The Bertz CT molecular complexity index is 743. The van der Waals surface area contributed by atoms with Crippen LogP contribution in [0.25, 0.3) is 0 Å². The SMILES string of the molecule is CCCCCCCCCCCCCCCC(=O)OC[C@@H](COP(=O)(O)OCC[N+](C)(C)C)OC(=O)CCCCCCCCC. The number of carbonyl (C=O) groups is 2. The first-order valence-corrected chi connectivity index (χ1v) is 19.3. The van der Waals surface area contributed by atoms with Crippen molar-refractivity contribution in [1.29, 1.82) is 0 Å². The first-order chi connectivity index (χ1) is 21.0. The summed E-state index contributed by atoms with van der Waals surface area (Å²) in [5.41, 5.74) is 0. The summed E-state index contributed by atoms with van der Waals surface area (Å²) in [6.07, 6.45) is 23.1. The summed E-state index contributed by atoms with van der Waals surface area (Å²) >= 11 is 0. The third-order valence-electron chi connectivity index (χ3n) is 7.64. The van der Waals surface area contributed by atoms with Crippen molar-refractivity contribution >= 4 is 19.8 Å². The van der Waals surface area contributed by atoms with Gasteiger partial charge in [0, 0.05) is 12.8 Å². The highest BCUT2D eigenvalue weighted by molar-refractivity contribution is 7.47. The fraction of sp³-hybridized carbons (Fsp3) is 0.941. The van der Waals surface area contributed by atoms with Gasteiger partial charge in [-0.3, -0.25) is 18.6 Å². The molecule has 1 unspecified atom stereocenters. The minimum absolute atomic E-state index is 0.0358. The van der Waals surface area contributed by atoms with Crippen LogP contribution in [0.2, 0.25) is 0 Å². The number of hydrogen-bond donors (Lipinski definition) is 1. The molecule has 44 heavy (non-hydrogen) atoms. The van der Waals surface area contributed by atoms with E-state index in [0.717, 1.165) is 38.5 Å². The van der Waals surface area contributed by atoms with E-state index in [-0.39, 0.29) is 25.6 Å². The molecule has 0 amide bonds. The number of hydrogen-bond acceptors (Lipinski definition) is 7. The number of quaternary nitrogens is 1. The van der Waals surface area contributed by atoms with Gasteiger partial charge in [-0.15, -0.1) is 0 Å². The van der Waals surface area contributed by atoms with Gasteiger partial charge in [0.25, 0.3) is 0 Å². The molecule has 10 heteroatoms. The summed E-state index contributed by atoms with van der Waals surface area (Å²) < 4.78 is 34.0. The fourth-order valence-electron chi connectivity index (χ4n) is 4.78. The maximum absolute atomic E-state index is 12.5. The van der Waals surface area contributed by atoms with E-state index in [4.69, 9.17) is 18.5 Å². The average molecular weight is 651 g/mol. The van der Waals surface area contributed by atoms with Crippen molar-refractivity contribution in [3.8, 4) is 0 Å². The molecule has 9 nitrogen and oxygen atoms in total. The minimum Gasteiger partial charge on any atom is -0.462 e. The molecular formula is C34H69NO8P+.